The van der Waals surface area contributed by atoms with Gasteiger partial charge >= 0.3 is 0 Å². The van der Waals surface area contributed by atoms with E-state index in [1.807, 2.05) is 24.3 Å². The predicted octanol–water partition coefficient (Wildman–Crippen LogP) is 3.38. The number of benzene rings is 1. The Kier molecular flexibility index (Phi) is 4.81. The first-order chi connectivity index (χ1) is 10.3. The minimum atomic E-state index is -0.392. The van der Waals surface area contributed by atoms with Gasteiger partial charge in [-0.2, -0.15) is 0 Å². The molecule has 1 unspecified atom stereocenters. The van der Waals surface area contributed by atoms with Crippen molar-refractivity contribution in [2.24, 2.45) is 5.92 Å². The number of aliphatic hydroxyl groups is 1. The van der Waals surface area contributed by atoms with Crippen LogP contribution in [-0.4, -0.2) is 36.2 Å². The number of aliphatic hydroxyl groups excluding tert-OH is 1. The van der Waals surface area contributed by atoms with Crippen LogP contribution in [0.3, 0.4) is 0 Å². The normalized spacial score (nSPS) is 27.9. The van der Waals surface area contributed by atoms with Crippen molar-refractivity contribution in [1.29, 1.82) is 0 Å². The first kappa shape index (κ1) is 14.9. The van der Waals surface area contributed by atoms with Gasteiger partial charge in [0.25, 0.3) is 0 Å². The molecule has 1 saturated heterocycles. The SMILES string of the molecule is COc1ccc(C(O)CN2CCC[C@H]3CCCC[C@H]32)cc1. The molecule has 3 rings (SSSR count). The summed E-state index contributed by atoms with van der Waals surface area (Å²) >= 11 is 0. The zero-order valence-electron chi connectivity index (χ0n) is 13.0. The smallest absolute Gasteiger partial charge is 0.118 e. The van der Waals surface area contributed by atoms with Gasteiger partial charge in [0.1, 0.15) is 5.75 Å². The molecule has 2 aliphatic rings. The third-order valence-electron chi connectivity index (χ3n) is 5.27. The molecule has 1 aliphatic carbocycles. The van der Waals surface area contributed by atoms with E-state index in [1.165, 1.54) is 38.5 Å². The van der Waals surface area contributed by atoms with E-state index in [2.05, 4.69) is 4.90 Å². The molecular weight excluding hydrogens is 262 g/mol. The van der Waals surface area contributed by atoms with Crippen LogP contribution in [0.5, 0.6) is 5.75 Å². The number of hydrogen-bond donors (Lipinski definition) is 1. The maximum absolute atomic E-state index is 10.5. The van der Waals surface area contributed by atoms with Gasteiger partial charge in [-0.25, -0.2) is 0 Å². The summed E-state index contributed by atoms with van der Waals surface area (Å²) < 4.78 is 5.18. The van der Waals surface area contributed by atoms with Crippen LogP contribution in [0.25, 0.3) is 0 Å². The number of hydrogen-bond acceptors (Lipinski definition) is 3. The van der Waals surface area contributed by atoms with Crippen molar-refractivity contribution in [3.8, 4) is 5.75 Å². The molecule has 3 heteroatoms. The number of β-amino-alcohol motifs (C(OH)–C–C–N with tert-alkyl or cyclic N) is 1. The van der Waals surface area contributed by atoms with Crippen LogP contribution in [-0.2, 0) is 0 Å². The lowest BCUT2D eigenvalue weighted by Gasteiger charge is -2.44. The third-order valence-corrected chi connectivity index (χ3v) is 5.27. The van der Waals surface area contributed by atoms with Gasteiger partial charge in [0.2, 0.25) is 0 Å². The molecule has 1 aromatic rings. The third kappa shape index (κ3) is 3.41. The van der Waals surface area contributed by atoms with Crippen LogP contribution in [0.2, 0.25) is 0 Å². The van der Waals surface area contributed by atoms with E-state index in [9.17, 15) is 5.11 Å². The molecule has 0 radical (unpaired) electrons. The molecule has 0 aromatic heterocycles. The Hall–Kier alpha value is -1.06. The number of piperidine rings is 1. The average Bonchev–Trinajstić information content (AvgIpc) is 2.55. The van der Waals surface area contributed by atoms with Crippen molar-refractivity contribution >= 4 is 0 Å². The minimum absolute atomic E-state index is 0.392. The Morgan fingerprint density at radius 2 is 1.86 bits per heavy atom. The fourth-order valence-electron chi connectivity index (χ4n) is 4.11. The number of ether oxygens (including phenoxy) is 1. The Bertz CT molecular complexity index is 443. The van der Waals surface area contributed by atoms with Crippen molar-refractivity contribution in [3.63, 3.8) is 0 Å². The number of methoxy groups -OCH3 is 1. The Morgan fingerprint density at radius 1 is 1.14 bits per heavy atom. The summed E-state index contributed by atoms with van der Waals surface area (Å²) in [4.78, 5) is 2.54. The molecule has 1 heterocycles. The molecule has 1 aliphatic heterocycles. The van der Waals surface area contributed by atoms with Crippen LogP contribution in [0, 0.1) is 5.92 Å². The number of nitrogens with zero attached hydrogens (tertiary/aromatic N) is 1. The maximum Gasteiger partial charge on any atom is 0.118 e. The Balaban J connectivity index is 1.63. The lowest BCUT2D eigenvalue weighted by Crippen LogP contribution is -2.48. The molecule has 116 valence electrons. The van der Waals surface area contributed by atoms with Gasteiger partial charge < -0.3 is 9.84 Å². The van der Waals surface area contributed by atoms with E-state index in [-0.39, 0.29) is 0 Å². The van der Waals surface area contributed by atoms with E-state index in [0.717, 1.165) is 30.3 Å². The van der Waals surface area contributed by atoms with Crippen LogP contribution in [0.1, 0.15) is 50.2 Å². The highest BCUT2D eigenvalue weighted by molar-refractivity contribution is 5.28. The first-order valence-electron chi connectivity index (χ1n) is 8.34. The summed E-state index contributed by atoms with van der Waals surface area (Å²) in [5.74, 6) is 1.71. The average molecular weight is 289 g/mol. The fourth-order valence-corrected chi connectivity index (χ4v) is 4.11. The second kappa shape index (κ2) is 6.80. The molecule has 1 N–H and O–H groups in total. The molecule has 0 spiro atoms. The van der Waals surface area contributed by atoms with Crippen molar-refractivity contribution in [1.82, 2.24) is 4.90 Å². The highest BCUT2D eigenvalue weighted by Gasteiger charge is 2.33. The van der Waals surface area contributed by atoms with E-state index in [0.29, 0.717) is 6.04 Å². The Morgan fingerprint density at radius 3 is 2.62 bits per heavy atom. The van der Waals surface area contributed by atoms with Gasteiger partial charge in [0.15, 0.2) is 0 Å². The van der Waals surface area contributed by atoms with E-state index in [4.69, 9.17) is 4.74 Å². The summed E-state index contributed by atoms with van der Waals surface area (Å²) in [6.45, 7) is 1.92. The molecule has 3 nitrogen and oxygen atoms in total. The standard InChI is InChI=1S/C18H27NO2/c1-21-16-10-8-15(9-11-16)18(20)13-19-12-4-6-14-5-2-3-7-17(14)19/h8-11,14,17-18,20H,2-7,12-13H2,1H3/t14-,17-,18?/m1/s1. The highest BCUT2D eigenvalue weighted by Crippen LogP contribution is 2.36. The van der Waals surface area contributed by atoms with E-state index >= 15 is 0 Å². The molecule has 0 amide bonds. The zero-order chi connectivity index (χ0) is 14.7. The molecule has 1 aromatic carbocycles. The number of rotatable bonds is 4. The van der Waals surface area contributed by atoms with Gasteiger partial charge in [0, 0.05) is 12.6 Å². The second-order valence-electron chi connectivity index (χ2n) is 6.54. The van der Waals surface area contributed by atoms with Crippen LogP contribution in [0.15, 0.2) is 24.3 Å². The van der Waals surface area contributed by atoms with E-state index in [1.54, 1.807) is 7.11 Å². The van der Waals surface area contributed by atoms with Crippen LogP contribution >= 0.6 is 0 Å². The Labute approximate surface area is 127 Å². The summed E-state index contributed by atoms with van der Waals surface area (Å²) in [6.07, 6.45) is 7.75. The van der Waals surface area contributed by atoms with Gasteiger partial charge in [-0.15, -0.1) is 0 Å². The fraction of sp³-hybridized carbons (Fsp3) is 0.667. The lowest BCUT2D eigenvalue weighted by molar-refractivity contribution is 0.0205. The van der Waals surface area contributed by atoms with Gasteiger partial charge in [-0.1, -0.05) is 25.0 Å². The molecule has 3 atom stereocenters. The van der Waals surface area contributed by atoms with Gasteiger partial charge in [-0.05, 0) is 55.8 Å². The second-order valence-corrected chi connectivity index (χ2v) is 6.54. The summed E-state index contributed by atoms with van der Waals surface area (Å²) in [5, 5.41) is 10.5. The number of fused-ring (bicyclic) bond motifs is 1. The van der Waals surface area contributed by atoms with Gasteiger partial charge in [0.05, 0.1) is 13.2 Å². The quantitative estimate of drug-likeness (QED) is 0.922. The zero-order valence-corrected chi connectivity index (χ0v) is 13.0. The van der Waals surface area contributed by atoms with Crippen molar-refractivity contribution in [3.05, 3.63) is 29.8 Å². The summed E-state index contributed by atoms with van der Waals surface area (Å²) in [5.41, 5.74) is 0.994. The molecule has 2 fully saturated rings. The molecular formula is C18H27NO2. The largest absolute Gasteiger partial charge is 0.497 e. The monoisotopic (exact) mass is 289 g/mol. The van der Waals surface area contributed by atoms with Crippen molar-refractivity contribution in [2.75, 3.05) is 20.2 Å². The van der Waals surface area contributed by atoms with Gasteiger partial charge in [-0.3, -0.25) is 4.90 Å². The predicted molar refractivity (Wildman–Crippen MR) is 84.5 cm³/mol. The maximum atomic E-state index is 10.5. The molecule has 1 saturated carbocycles. The molecule has 21 heavy (non-hydrogen) atoms. The van der Waals surface area contributed by atoms with E-state index < -0.39 is 6.10 Å². The summed E-state index contributed by atoms with van der Waals surface area (Å²) in [6, 6.07) is 8.52. The minimum Gasteiger partial charge on any atom is -0.497 e. The van der Waals surface area contributed by atoms with Crippen molar-refractivity contribution in [2.45, 2.75) is 50.7 Å². The van der Waals surface area contributed by atoms with Crippen LogP contribution < -0.4 is 4.74 Å². The number of likely N-dealkylation sites (tertiary alicyclic amines) is 1. The first-order valence-corrected chi connectivity index (χ1v) is 8.34. The lowest BCUT2D eigenvalue weighted by atomic mass is 9.78. The topological polar surface area (TPSA) is 32.7 Å². The summed E-state index contributed by atoms with van der Waals surface area (Å²) in [7, 11) is 1.67. The van der Waals surface area contributed by atoms with Crippen molar-refractivity contribution < 1.29 is 9.84 Å². The highest BCUT2D eigenvalue weighted by atomic mass is 16.5. The van der Waals surface area contributed by atoms with Crippen LogP contribution in [0.4, 0.5) is 0 Å². The molecule has 0 bridgehead atoms.